The largest absolute Gasteiger partial charge is 0.370 e. The van der Waals surface area contributed by atoms with E-state index in [-0.39, 0.29) is 0 Å². The van der Waals surface area contributed by atoms with Crippen molar-refractivity contribution in [3.05, 3.63) is 18.5 Å². The molecule has 1 aromatic rings. The Balaban J connectivity index is 1.53. The summed E-state index contributed by atoms with van der Waals surface area (Å²) in [6.07, 6.45) is 9.62. The number of hydrogen-bond acceptors (Lipinski definition) is 5. The molecule has 7 heteroatoms. The third-order valence-electron chi connectivity index (χ3n) is 4.46. The standard InChI is InChI=1S/C18H33N7/c1-2-3-4-5-8-20-17(19)21-11-7-12-24-13-15-25(16-14-24)18-22-9-6-10-23-18/h6,9-10H,2-5,7-8,11-16H2,1H3,(H3,19,20,21). The van der Waals surface area contributed by atoms with Crippen molar-refractivity contribution in [2.75, 3.05) is 50.7 Å². The van der Waals surface area contributed by atoms with Crippen molar-refractivity contribution in [2.24, 2.45) is 10.7 Å². The van der Waals surface area contributed by atoms with Crippen LogP contribution in [0.25, 0.3) is 0 Å². The van der Waals surface area contributed by atoms with Gasteiger partial charge in [-0.1, -0.05) is 26.2 Å². The summed E-state index contributed by atoms with van der Waals surface area (Å²) in [6, 6.07) is 1.85. The molecule has 2 heterocycles. The van der Waals surface area contributed by atoms with Gasteiger partial charge in [-0.25, -0.2) is 9.97 Å². The number of nitrogens with one attached hydrogen (secondary N) is 1. The van der Waals surface area contributed by atoms with Crippen LogP contribution in [0.2, 0.25) is 0 Å². The van der Waals surface area contributed by atoms with Gasteiger partial charge in [0.25, 0.3) is 0 Å². The van der Waals surface area contributed by atoms with E-state index < -0.39 is 0 Å². The normalized spacial score (nSPS) is 16.2. The molecule has 0 unspecified atom stereocenters. The molecule has 1 fully saturated rings. The van der Waals surface area contributed by atoms with E-state index in [4.69, 9.17) is 5.73 Å². The Kier molecular flexibility index (Phi) is 9.04. The monoisotopic (exact) mass is 347 g/mol. The number of nitrogens with zero attached hydrogens (tertiary/aromatic N) is 5. The number of aromatic nitrogens is 2. The fourth-order valence-corrected chi connectivity index (χ4v) is 2.94. The maximum absolute atomic E-state index is 5.89. The predicted octanol–water partition coefficient (Wildman–Crippen LogP) is 1.47. The van der Waals surface area contributed by atoms with Gasteiger partial charge in [-0.05, 0) is 18.9 Å². The molecule has 0 amide bonds. The Bertz CT molecular complexity index is 483. The van der Waals surface area contributed by atoms with Gasteiger partial charge in [-0.2, -0.15) is 0 Å². The lowest BCUT2D eigenvalue weighted by atomic mass is 10.2. The molecule has 0 radical (unpaired) electrons. The summed E-state index contributed by atoms with van der Waals surface area (Å²) < 4.78 is 0. The van der Waals surface area contributed by atoms with Gasteiger partial charge < -0.3 is 16.0 Å². The van der Waals surface area contributed by atoms with Crippen LogP contribution in [0.15, 0.2) is 23.5 Å². The highest BCUT2D eigenvalue weighted by molar-refractivity contribution is 5.77. The Morgan fingerprint density at radius 1 is 1.12 bits per heavy atom. The van der Waals surface area contributed by atoms with Crippen molar-refractivity contribution in [3.63, 3.8) is 0 Å². The molecule has 1 aromatic heterocycles. The number of anilines is 1. The molecule has 3 N–H and O–H groups in total. The minimum atomic E-state index is 0.586. The maximum atomic E-state index is 5.89. The summed E-state index contributed by atoms with van der Waals surface area (Å²) in [5.41, 5.74) is 5.89. The van der Waals surface area contributed by atoms with E-state index in [2.05, 4.69) is 37.0 Å². The van der Waals surface area contributed by atoms with Crippen LogP contribution in [0.1, 0.15) is 39.0 Å². The molecule has 0 spiro atoms. The number of rotatable bonds is 10. The first-order valence-corrected chi connectivity index (χ1v) is 9.57. The van der Waals surface area contributed by atoms with E-state index in [0.29, 0.717) is 5.96 Å². The quantitative estimate of drug-likeness (QED) is 0.379. The van der Waals surface area contributed by atoms with Gasteiger partial charge in [-0.3, -0.25) is 9.89 Å². The highest BCUT2D eigenvalue weighted by atomic mass is 15.3. The van der Waals surface area contributed by atoms with Crippen LogP contribution in [0.4, 0.5) is 5.95 Å². The molecular formula is C18H33N7. The topological polar surface area (TPSA) is 82.7 Å². The summed E-state index contributed by atoms with van der Waals surface area (Å²) in [6.45, 7) is 9.06. The number of hydrogen-bond donors (Lipinski definition) is 2. The van der Waals surface area contributed by atoms with Gasteiger partial charge in [-0.15, -0.1) is 0 Å². The number of piperazine rings is 1. The molecule has 1 aliphatic heterocycles. The predicted molar refractivity (Wildman–Crippen MR) is 104 cm³/mol. The van der Waals surface area contributed by atoms with Gasteiger partial charge in [0.2, 0.25) is 5.95 Å². The lowest BCUT2D eigenvalue weighted by Gasteiger charge is -2.34. The first kappa shape index (κ1) is 19.4. The molecule has 0 saturated carbocycles. The average Bonchev–Trinajstić information content (AvgIpc) is 2.66. The lowest BCUT2D eigenvalue weighted by molar-refractivity contribution is 0.255. The lowest BCUT2D eigenvalue weighted by Crippen LogP contribution is -2.47. The van der Waals surface area contributed by atoms with Gasteiger partial charge in [0.05, 0.1) is 0 Å². The molecule has 7 nitrogen and oxygen atoms in total. The third kappa shape index (κ3) is 7.69. The minimum Gasteiger partial charge on any atom is -0.370 e. The molecule has 0 aliphatic carbocycles. The van der Waals surface area contributed by atoms with Crippen LogP contribution in [0.5, 0.6) is 0 Å². The second-order valence-electron chi connectivity index (χ2n) is 6.49. The van der Waals surface area contributed by atoms with Crippen LogP contribution < -0.4 is 16.0 Å². The molecule has 25 heavy (non-hydrogen) atoms. The summed E-state index contributed by atoms with van der Waals surface area (Å²) in [4.78, 5) is 17.8. The van der Waals surface area contributed by atoms with E-state index in [0.717, 1.165) is 58.2 Å². The second kappa shape index (κ2) is 11.6. The molecule has 0 atom stereocenters. The van der Waals surface area contributed by atoms with Crippen LogP contribution in [-0.4, -0.2) is 66.6 Å². The number of nitrogens with two attached hydrogens (primary N) is 1. The van der Waals surface area contributed by atoms with Crippen LogP contribution in [-0.2, 0) is 0 Å². The van der Waals surface area contributed by atoms with E-state index in [1.807, 2.05) is 6.07 Å². The fraction of sp³-hybridized carbons (Fsp3) is 0.722. The van der Waals surface area contributed by atoms with E-state index in [1.54, 1.807) is 12.4 Å². The van der Waals surface area contributed by atoms with E-state index in [1.165, 1.54) is 25.7 Å². The van der Waals surface area contributed by atoms with E-state index in [9.17, 15) is 0 Å². The van der Waals surface area contributed by atoms with Crippen molar-refractivity contribution < 1.29 is 0 Å². The first-order valence-electron chi connectivity index (χ1n) is 9.57. The number of unbranched alkanes of at least 4 members (excludes halogenated alkanes) is 3. The van der Waals surface area contributed by atoms with Crippen LogP contribution in [0.3, 0.4) is 0 Å². The smallest absolute Gasteiger partial charge is 0.225 e. The molecule has 0 bridgehead atoms. The second-order valence-corrected chi connectivity index (χ2v) is 6.49. The van der Waals surface area contributed by atoms with Gasteiger partial charge in [0.1, 0.15) is 0 Å². The zero-order valence-corrected chi connectivity index (χ0v) is 15.5. The summed E-state index contributed by atoms with van der Waals surface area (Å²) in [5, 5.41) is 3.20. The number of aliphatic imine (C=N–C) groups is 1. The number of guanidine groups is 1. The minimum absolute atomic E-state index is 0.586. The molecule has 1 aliphatic rings. The Morgan fingerprint density at radius 3 is 2.60 bits per heavy atom. The summed E-state index contributed by atoms with van der Waals surface area (Å²) >= 11 is 0. The zero-order valence-electron chi connectivity index (χ0n) is 15.5. The Labute approximate surface area is 151 Å². The highest BCUT2D eigenvalue weighted by Crippen LogP contribution is 2.09. The maximum Gasteiger partial charge on any atom is 0.225 e. The zero-order chi connectivity index (χ0) is 17.7. The third-order valence-corrected chi connectivity index (χ3v) is 4.46. The van der Waals surface area contributed by atoms with Gasteiger partial charge >= 0.3 is 0 Å². The Hall–Kier alpha value is -1.89. The van der Waals surface area contributed by atoms with Crippen molar-refractivity contribution in [2.45, 2.75) is 39.0 Å². The van der Waals surface area contributed by atoms with E-state index >= 15 is 0 Å². The van der Waals surface area contributed by atoms with Crippen molar-refractivity contribution >= 4 is 11.9 Å². The molecule has 140 valence electrons. The van der Waals surface area contributed by atoms with Crippen molar-refractivity contribution in [1.29, 1.82) is 0 Å². The first-order chi connectivity index (χ1) is 12.3. The SMILES string of the molecule is CCCCCCNC(N)=NCCCN1CCN(c2ncccn2)CC1. The van der Waals surface area contributed by atoms with Crippen LogP contribution >= 0.6 is 0 Å². The molecule has 0 aromatic carbocycles. The molecule has 2 rings (SSSR count). The molecular weight excluding hydrogens is 314 g/mol. The average molecular weight is 348 g/mol. The van der Waals surface area contributed by atoms with Gasteiger partial charge in [0.15, 0.2) is 5.96 Å². The van der Waals surface area contributed by atoms with Crippen molar-refractivity contribution in [1.82, 2.24) is 20.2 Å². The molecule has 1 saturated heterocycles. The summed E-state index contributed by atoms with van der Waals surface area (Å²) in [7, 11) is 0. The highest BCUT2D eigenvalue weighted by Gasteiger charge is 2.17. The van der Waals surface area contributed by atoms with Gasteiger partial charge in [0, 0.05) is 58.2 Å². The fourth-order valence-electron chi connectivity index (χ4n) is 2.94. The van der Waals surface area contributed by atoms with Crippen molar-refractivity contribution in [3.8, 4) is 0 Å². The van der Waals surface area contributed by atoms with Crippen LogP contribution in [0, 0.1) is 0 Å². The summed E-state index contributed by atoms with van der Waals surface area (Å²) in [5.74, 6) is 1.42. The Morgan fingerprint density at radius 2 is 1.88 bits per heavy atom.